The average Bonchev–Trinajstić information content (AvgIpc) is 3.28. The molecule has 0 atom stereocenters. The van der Waals surface area contributed by atoms with Gasteiger partial charge in [0.2, 0.25) is 0 Å². The summed E-state index contributed by atoms with van der Waals surface area (Å²) in [7, 11) is 0. The molecule has 1 aromatic carbocycles. The summed E-state index contributed by atoms with van der Waals surface area (Å²) in [5.41, 5.74) is 3.67. The molecule has 0 spiro atoms. The molecule has 0 aliphatic heterocycles. The highest BCUT2D eigenvalue weighted by molar-refractivity contribution is 7.12. The number of aromatic nitrogens is 2. The van der Waals surface area contributed by atoms with Crippen LogP contribution < -0.4 is 0 Å². The first-order valence-corrected chi connectivity index (χ1v) is 9.34. The second-order valence-corrected chi connectivity index (χ2v) is 6.72. The summed E-state index contributed by atoms with van der Waals surface area (Å²) in [6, 6.07) is 11.8. The fourth-order valence-corrected chi connectivity index (χ4v) is 3.55. The molecular formula is C20H20N2O3S. The fraction of sp³-hybridized carbons (Fsp3) is 0.250. The minimum Gasteiger partial charge on any atom is -0.466 e. The van der Waals surface area contributed by atoms with Gasteiger partial charge in [0.25, 0.3) is 0 Å². The second kappa shape index (κ2) is 8.10. The number of benzene rings is 1. The van der Waals surface area contributed by atoms with Crippen LogP contribution in [-0.2, 0) is 16.1 Å². The van der Waals surface area contributed by atoms with Crippen molar-refractivity contribution in [3.8, 4) is 22.5 Å². The maximum Gasteiger partial charge on any atom is 0.307 e. The molecule has 0 aliphatic carbocycles. The van der Waals surface area contributed by atoms with Gasteiger partial charge in [0, 0.05) is 23.1 Å². The number of esters is 1. The number of carbonyl (C=O) groups is 2. The van der Waals surface area contributed by atoms with E-state index in [4.69, 9.17) is 4.74 Å². The number of rotatable bonds is 7. The second-order valence-electron chi connectivity index (χ2n) is 5.81. The zero-order chi connectivity index (χ0) is 18.5. The lowest BCUT2D eigenvalue weighted by Crippen LogP contribution is -2.09. The van der Waals surface area contributed by atoms with Crippen LogP contribution >= 0.6 is 11.3 Å². The highest BCUT2D eigenvalue weighted by atomic mass is 32.1. The van der Waals surface area contributed by atoms with Crippen LogP contribution in [0.2, 0.25) is 0 Å². The van der Waals surface area contributed by atoms with E-state index in [-0.39, 0.29) is 18.2 Å². The maximum absolute atomic E-state index is 11.7. The van der Waals surface area contributed by atoms with E-state index in [2.05, 4.69) is 4.98 Å². The lowest BCUT2D eigenvalue weighted by atomic mass is 10.1. The van der Waals surface area contributed by atoms with Gasteiger partial charge in [0.05, 0.1) is 35.6 Å². The molecule has 0 fully saturated rings. The van der Waals surface area contributed by atoms with Crippen molar-refractivity contribution in [1.82, 2.24) is 9.55 Å². The average molecular weight is 368 g/mol. The van der Waals surface area contributed by atoms with Crippen LogP contribution in [-0.4, -0.2) is 27.9 Å². The van der Waals surface area contributed by atoms with Crippen molar-refractivity contribution in [2.45, 2.75) is 26.8 Å². The van der Waals surface area contributed by atoms with Gasteiger partial charge in [-0.2, -0.15) is 0 Å². The molecule has 0 radical (unpaired) electrons. The summed E-state index contributed by atoms with van der Waals surface area (Å²) >= 11 is 1.42. The summed E-state index contributed by atoms with van der Waals surface area (Å²) < 4.78 is 6.97. The van der Waals surface area contributed by atoms with Crippen molar-refractivity contribution < 1.29 is 14.3 Å². The number of ether oxygens (including phenoxy) is 1. The first-order chi connectivity index (χ1) is 12.6. The zero-order valence-corrected chi connectivity index (χ0v) is 15.6. The lowest BCUT2D eigenvalue weighted by molar-refractivity contribution is -0.143. The van der Waals surface area contributed by atoms with Crippen LogP contribution in [0.25, 0.3) is 22.5 Å². The lowest BCUT2D eigenvalue weighted by Gasteiger charge is -2.09. The third-order valence-electron chi connectivity index (χ3n) is 3.97. The summed E-state index contributed by atoms with van der Waals surface area (Å²) in [6.07, 6.45) is 2.01. The minimum absolute atomic E-state index is 0.0418. The first-order valence-electron chi connectivity index (χ1n) is 8.46. The summed E-state index contributed by atoms with van der Waals surface area (Å²) in [5.74, 6) is -0.191. The molecule has 2 aromatic heterocycles. The normalized spacial score (nSPS) is 10.7. The van der Waals surface area contributed by atoms with Crippen LogP contribution in [0.3, 0.4) is 0 Å². The zero-order valence-electron chi connectivity index (χ0n) is 14.8. The predicted molar refractivity (Wildman–Crippen MR) is 102 cm³/mol. The summed E-state index contributed by atoms with van der Waals surface area (Å²) in [6.45, 7) is 4.20. The van der Waals surface area contributed by atoms with Crippen LogP contribution in [0, 0.1) is 0 Å². The largest absolute Gasteiger partial charge is 0.466 e. The van der Waals surface area contributed by atoms with Gasteiger partial charge in [0.1, 0.15) is 0 Å². The molecule has 0 bridgehead atoms. The Morgan fingerprint density at radius 2 is 1.96 bits per heavy atom. The van der Waals surface area contributed by atoms with Gasteiger partial charge < -0.3 is 9.30 Å². The molecule has 6 heteroatoms. The summed E-state index contributed by atoms with van der Waals surface area (Å²) in [4.78, 5) is 28.7. The highest BCUT2D eigenvalue weighted by Crippen LogP contribution is 2.34. The van der Waals surface area contributed by atoms with Gasteiger partial charge in [-0.15, -0.1) is 11.3 Å². The molecule has 0 saturated heterocycles. The smallest absolute Gasteiger partial charge is 0.307 e. The molecule has 5 nitrogen and oxygen atoms in total. The number of hydrogen-bond acceptors (Lipinski definition) is 5. The topological polar surface area (TPSA) is 61.2 Å². The van der Waals surface area contributed by atoms with Gasteiger partial charge in [-0.3, -0.25) is 9.59 Å². The predicted octanol–water partition coefficient (Wildman–Crippen LogP) is 4.43. The van der Waals surface area contributed by atoms with E-state index < -0.39 is 0 Å². The van der Waals surface area contributed by atoms with Crippen molar-refractivity contribution in [1.29, 1.82) is 0 Å². The first kappa shape index (κ1) is 18.1. The van der Waals surface area contributed by atoms with Gasteiger partial charge in [0.15, 0.2) is 5.78 Å². The van der Waals surface area contributed by atoms with Crippen LogP contribution in [0.1, 0.15) is 29.9 Å². The van der Waals surface area contributed by atoms with E-state index in [1.165, 1.54) is 11.3 Å². The molecular weight excluding hydrogens is 348 g/mol. The number of thiophene rings is 1. The third kappa shape index (κ3) is 3.91. The molecule has 3 aromatic rings. The van der Waals surface area contributed by atoms with Gasteiger partial charge in [-0.05, 0) is 19.9 Å². The Morgan fingerprint density at radius 3 is 2.62 bits per heavy atom. The molecule has 0 amide bonds. The molecule has 26 heavy (non-hydrogen) atoms. The number of imidazole rings is 1. The van der Waals surface area contributed by atoms with E-state index >= 15 is 0 Å². The van der Waals surface area contributed by atoms with Crippen LogP contribution in [0.4, 0.5) is 0 Å². The molecule has 2 heterocycles. The molecule has 0 aliphatic rings. The Morgan fingerprint density at radius 1 is 1.19 bits per heavy atom. The molecule has 0 saturated carbocycles. The third-order valence-corrected chi connectivity index (χ3v) is 5.00. The van der Waals surface area contributed by atoms with Crippen molar-refractivity contribution in [2.75, 3.05) is 6.61 Å². The van der Waals surface area contributed by atoms with Crippen molar-refractivity contribution >= 4 is 23.1 Å². The van der Waals surface area contributed by atoms with Crippen molar-refractivity contribution in [2.24, 2.45) is 0 Å². The Bertz CT molecular complexity index is 912. The van der Waals surface area contributed by atoms with E-state index in [9.17, 15) is 9.59 Å². The number of aryl methyl sites for hydroxylation is 1. The molecule has 0 unspecified atom stereocenters. The molecule has 3 rings (SSSR count). The number of ketones is 1. The fourth-order valence-electron chi connectivity index (χ4n) is 2.75. The van der Waals surface area contributed by atoms with Crippen molar-refractivity contribution in [3.63, 3.8) is 0 Å². The SMILES string of the molecule is CCOC(=O)CCn1cnc(-c2ccccc2)c1-c1csc(C(C)=O)c1. The van der Waals surface area contributed by atoms with Gasteiger partial charge >= 0.3 is 5.97 Å². The number of carbonyl (C=O) groups excluding carboxylic acids is 2. The minimum atomic E-state index is -0.233. The monoisotopic (exact) mass is 368 g/mol. The number of hydrogen-bond donors (Lipinski definition) is 0. The van der Waals surface area contributed by atoms with Gasteiger partial charge in [-0.1, -0.05) is 30.3 Å². The van der Waals surface area contributed by atoms with Crippen LogP contribution in [0.5, 0.6) is 0 Å². The standard InChI is InChI=1S/C20H20N2O3S/c1-3-25-18(24)9-10-22-13-21-19(15-7-5-4-6-8-15)20(22)16-11-17(14(2)23)26-12-16/h4-8,11-13H,3,9-10H2,1-2H3. The van der Waals surface area contributed by atoms with Crippen molar-refractivity contribution in [3.05, 3.63) is 53.0 Å². The molecule has 0 N–H and O–H groups in total. The number of nitrogens with zero attached hydrogens (tertiary/aromatic N) is 2. The van der Waals surface area contributed by atoms with E-state index in [0.29, 0.717) is 18.0 Å². The Labute approximate surface area is 156 Å². The Kier molecular flexibility index (Phi) is 5.63. The van der Waals surface area contributed by atoms with Gasteiger partial charge in [-0.25, -0.2) is 4.98 Å². The molecule has 134 valence electrons. The Balaban J connectivity index is 2.00. The summed E-state index contributed by atoms with van der Waals surface area (Å²) in [5, 5.41) is 1.96. The number of Topliss-reactive ketones (excluding diaryl/α,β-unsaturated/α-hetero) is 1. The highest BCUT2D eigenvalue weighted by Gasteiger charge is 2.18. The van der Waals surface area contributed by atoms with Crippen LogP contribution in [0.15, 0.2) is 48.1 Å². The van der Waals surface area contributed by atoms with E-state index in [1.807, 2.05) is 46.3 Å². The van der Waals surface area contributed by atoms with E-state index in [1.54, 1.807) is 20.2 Å². The Hall–Kier alpha value is -2.73. The quantitative estimate of drug-likeness (QED) is 0.457. The maximum atomic E-state index is 11.7. The van der Waals surface area contributed by atoms with E-state index in [0.717, 1.165) is 22.5 Å².